The Labute approximate surface area is 376 Å². The van der Waals surface area contributed by atoms with Crippen LogP contribution in [-0.2, 0) is 35.1 Å². The molecule has 8 rings (SSSR count). The summed E-state index contributed by atoms with van der Waals surface area (Å²) in [4.78, 5) is 62.7. The van der Waals surface area contributed by atoms with Crippen molar-refractivity contribution in [1.82, 2.24) is 34.8 Å². The number of methoxy groups -OCH3 is 1. The van der Waals surface area contributed by atoms with Crippen LogP contribution in [0.3, 0.4) is 0 Å². The van der Waals surface area contributed by atoms with Crippen LogP contribution in [0.2, 0.25) is 0 Å². The molecule has 4 amide bonds. The van der Waals surface area contributed by atoms with Gasteiger partial charge in [0.2, 0.25) is 12.3 Å². The summed E-state index contributed by atoms with van der Waals surface area (Å²) in [7, 11) is 3.34. The summed E-state index contributed by atoms with van der Waals surface area (Å²) >= 11 is 0. The zero-order valence-corrected chi connectivity index (χ0v) is 37.3. The van der Waals surface area contributed by atoms with E-state index in [4.69, 9.17) is 14.2 Å². The molecule has 0 spiro atoms. The average molecular weight is 893 g/mol. The smallest absolute Gasteiger partial charge is 0.275 e. The Morgan fingerprint density at radius 2 is 1.66 bits per heavy atom. The van der Waals surface area contributed by atoms with Gasteiger partial charge in [-0.15, -0.1) is 0 Å². The van der Waals surface area contributed by atoms with E-state index >= 15 is 8.78 Å². The lowest BCUT2D eigenvalue weighted by Gasteiger charge is -2.46. The summed E-state index contributed by atoms with van der Waals surface area (Å²) in [6.07, 6.45) is 3.43. The lowest BCUT2D eigenvalue weighted by Crippen LogP contribution is -2.61. The van der Waals surface area contributed by atoms with Crippen molar-refractivity contribution in [2.24, 2.45) is 7.05 Å². The average Bonchev–Trinajstić information content (AvgIpc) is 3.75. The quantitative estimate of drug-likeness (QED) is 0.0872. The van der Waals surface area contributed by atoms with Crippen LogP contribution in [0.1, 0.15) is 77.6 Å². The molecule has 2 fully saturated rings. The third kappa shape index (κ3) is 8.86. The molecule has 65 heavy (non-hydrogen) atoms. The van der Waals surface area contributed by atoms with Gasteiger partial charge in [-0.1, -0.05) is 31.5 Å². The number of hydrogen-bond donors (Lipinski definition) is 1. The molecule has 1 N–H and O–H groups in total. The summed E-state index contributed by atoms with van der Waals surface area (Å²) < 4.78 is 50.9. The van der Waals surface area contributed by atoms with E-state index in [0.717, 1.165) is 22.9 Å². The number of carbonyl (C=O) groups excluding carboxylic acids is 4. The van der Waals surface area contributed by atoms with E-state index in [1.165, 1.54) is 11.1 Å². The van der Waals surface area contributed by atoms with Gasteiger partial charge in [0.25, 0.3) is 17.7 Å². The van der Waals surface area contributed by atoms with Crippen molar-refractivity contribution < 1.29 is 42.2 Å². The van der Waals surface area contributed by atoms with Gasteiger partial charge in [-0.3, -0.25) is 43.9 Å². The van der Waals surface area contributed by atoms with Gasteiger partial charge >= 0.3 is 0 Å². The van der Waals surface area contributed by atoms with Crippen molar-refractivity contribution in [2.75, 3.05) is 57.9 Å². The van der Waals surface area contributed by atoms with Gasteiger partial charge in [-0.05, 0) is 80.3 Å². The van der Waals surface area contributed by atoms with Crippen molar-refractivity contribution in [3.05, 3.63) is 101 Å². The van der Waals surface area contributed by atoms with E-state index < -0.39 is 35.1 Å². The number of anilines is 1. The first kappa shape index (κ1) is 45.1. The first-order valence-electron chi connectivity index (χ1n) is 22.0. The summed E-state index contributed by atoms with van der Waals surface area (Å²) in [6.45, 7) is 8.04. The molecule has 0 aliphatic carbocycles. The zero-order valence-electron chi connectivity index (χ0n) is 37.3. The van der Waals surface area contributed by atoms with Gasteiger partial charge in [-0.25, -0.2) is 13.8 Å². The Bertz CT molecular complexity index is 2600. The summed E-state index contributed by atoms with van der Waals surface area (Å²) in [6, 6.07) is 18.8. The topological polar surface area (TPSA) is 152 Å². The minimum absolute atomic E-state index is 0.0402. The number of nitrogens with one attached hydrogen (secondary N) is 1. The lowest BCUT2D eigenvalue weighted by molar-refractivity contribution is -0.130. The lowest BCUT2D eigenvalue weighted by atomic mass is 9.80. The highest BCUT2D eigenvalue weighted by molar-refractivity contribution is 6.23. The number of likely N-dealkylation sites (tertiary alicyclic amines) is 1. The van der Waals surface area contributed by atoms with Crippen LogP contribution in [0.25, 0.3) is 10.9 Å². The Kier molecular flexibility index (Phi) is 12.9. The monoisotopic (exact) mass is 892 g/mol. The Morgan fingerprint density at radius 3 is 2.35 bits per heavy atom. The van der Waals surface area contributed by atoms with Crippen molar-refractivity contribution >= 4 is 40.9 Å². The van der Waals surface area contributed by atoms with Crippen molar-refractivity contribution in [3.63, 3.8) is 0 Å². The number of aromatic nitrogens is 3. The summed E-state index contributed by atoms with van der Waals surface area (Å²) in [5.74, 6) is -1.62. The number of fused-ring (bicyclic) bond motifs is 2. The number of rotatable bonds is 16. The van der Waals surface area contributed by atoms with Crippen molar-refractivity contribution in [2.45, 2.75) is 70.5 Å². The van der Waals surface area contributed by atoms with Gasteiger partial charge in [0.1, 0.15) is 17.3 Å². The number of halogens is 2. The molecule has 3 aliphatic heterocycles. The summed E-state index contributed by atoms with van der Waals surface area (Å²) in [5.41, 5.74) is 2.43. The second kappa shape index (κ2) is 18.6. The number of carbonyl (C=O) groups is 4. The minimum atomic E-state index is -2.96. The molecule has 2 atom stereocenters. The number of piperazine rings is 1. The first-order valence-corrected chi connectivity index (χ1v) is 22.0. The molecule has 3 aromatic carbocycles. The molecule has 0 saturated carbocycles. The van der Waals surface area contributed by atoms with Crippen LogP contribution in [-0.4, -0.2) is 119 Å². The molecule has 17 heteroatoms. The fourth-order valence-electron chi connectivity index (χ4n) is 9.51. The fraction of sp³-hybridized carbons (Fsp3) is 0.417. The van der Waals surface area contributed by atoms with Crippen LogP contribution in [0.15, 0.2) is 72.9 Å². The Morgan fingerprint density at radius 1 is 0.923 bits per heavy atom. The maximum absolute atomic E-state index is 16.0. The van der Waals surface area contributed by atoms with Crippen LogP contribution in [0.4, 0.5) is 14.6 Å². The number of ether oxygens (including phenoxy) is 3. The van der Waals surface area contributed by atoms with Gasteiger partial charge in [-0.2, -0.15) is 5.10 Å². The molecule has 0 bridgehead atoms. The molecule has 3 aliphatic rings. The predicted octanol–water partition coefficient (Wildman–Crippen LogP) is 6.33. The number of benzene rings is 3. The molecule has 2 saturated heterocycles. The van der Waals surface area contributed by atoms with Gasteiger partial charge in [0.15, 0.2) is 11.5 Å². The van der Waals surface area contributed by atoms with Crippen molar-refractivity contribution in [1.29, 1.82) is 0 Å². The molecule has 15 nitrogen and oxygen atoms in total. The highest BCUT2D eigenvalue weighted by Crippen LogP contribution is 2.38. The van der Waals surface area contributed by atoms with Gasteiger partial charge in [0.05, 0.1) is 60.6 Å². The van der Waals surface area contributed by atoms with E-state index in [-0.39, 0.29) is 24.2 Å². The first-order chi connectivity index (χ1) is 31.3. The predicted molar refractivity (Wildman–Crippen MR) is 239 cm³/mol. The van der Waals surface area contributed by atoms with Crippen LogP contribution in [0.5, 0.6) is 23.0 Å². The SMILES string of the molecule is CCCC(C)(C(=O)NC=O)c1nn(C)c2cc(Oc3ccc(CN4CCC(N5CCN(c6nccc7c6C(=O)N(Cc6ccc(OC)c(OCC)c6)C7=O)CC5)C(F)(F)C4)cc3)ccc12. The second-order valence-electron chi connectivity index (χ2n) is 17.0. The zero-order chi connectivity index (χ0) is 46.0. The molecule has 342 valence electrons. The number of aryl methyl sites for hydroxylation is 1. The number of nitrogens with zero attached hydrogens (tertiary/aromatic N) is 7. The standard InChI is InChI=1S/C48H54F2N8O7/c1-6-18-47(3,46(62)52-30-59)42-35-14-13-34(26-37(35)54(4)53-42)65-33-11-8-31(9-12-33)27-55-20-17-40(48(49,50)29-55)56-21-23-57(24-22-56)43-41-36(16-19-51-43)44(60)58(45(41)61)28-32-10-15-38(63-5)39(25-32)64-7-2/h8-16,19,25-26,30,40H,6-7,17-18,20-24,27-29H2,1-5H3,(H,52,59,62). The van der Waals surface area contributed by atoms with Crippen LogP contribution < -0.4 is 24.4 Å². The molecular formula is C48H54F2N8O7. The molecule has 0 radical (unpaired) electrons. The van der Waals surface area contributed by atoms with Gasteiger partial charge in [0, 0.05) is 64.0 Å². The maximum atomic E-state index is 16.0. The number of hydrogen-bond acceptors (Lipinski definition) is 12. The third-order valence-electron chi connectivity index (χ3n) is 12.8. The van der Waals surface area contributed by atoms with Crippen LogP contribution >= 0.6 is 0 Å². The second-order valence-corrected chi connectivity index (χ2v) is 17.0. The fourth-order valence-corrected chi connectivity index (χ4v) is 9.51. The van der Waals surface area contributed by atoms with E-state index in [2.05, 4.69) is 15.4 Å². The number of imide groups is 2. The summed E-state index contributed by atoms with van der Waals surface area (Å²) in [5, 5.41) is 7.77. The van der Waals surface area contributed by atoms with Gasteiger partial charge < -0.3 is 19.1 Å². The molecule has 5 heterocycles. The molecule has 5 aromatic rings. The van der Waals surface area contributed by atoms with Crippen molar-refractivity contribution in [3.8, 4) is 23.0 Å². The molecule has 2 unspecified atom stereocenters. The van der Waals surface area contributed by atoms with E-state index in [0.29, 0.717) is 105 Å². The number of amides is 4. The van der Waals surface area contributed by atoms with E-state index in [1.54, 1.807) is 54.9 Å². The minimum Gasteiger partial charge on any atom is -0.493 e. The largest absolute Gasteiger partial charge is 0.493 e. The van der Waals surface area contributed by atoms with Crippen LogP contribution in [0, 0.1) is 0 Å². The third-order valence-corrected chi connectivity index (χ3v) is 12.8. The Balaban J connectivity index is 0.857. The molecular weight excluding hydrogens is 839 g/mol. The van der Waals surface area contributed by atoms with E-state index in [9.17, 15) is 19.2 Å². The Hall–Kier alpha value is -6.46. The highest BCUT2D eigenvalue weighted by atomic mass is 19.3. The van der Waals surface area contributed by atoms with E-state index in [1.807, 2.05) is 66.1 Å². The normalized spacial score (nSPS) is 18.7. The number of piperidine rings is 1. The number of pyridine rings is 1. The molecule has 2 aromatic heterocycles. The highest BCUT2D eigenvalue weighted by Gasteiger charge is 2.48. The number of alkyl halides is 2. The maximum Gasteiger partial charge on any atom is 0.275 e.